The number of hydrogen-bond donors (Lipinski definition) is 1. The predicted octanol–water partition coefficient (Wildman–Crippen LogP) is 5.44. The average Bonchev–Trinajstić information content (AvgIpc) is 3.06. The standard InChI is InChI=1S/C26H23ClFN3O2S/c27-19-8-14-22(15-9-19)31-25(33)23(17-24(32)29-21-12-10-20(28)11-13-21)30(26(31)34)16-4-7-18-5-2-1-3-6-18/h1-3,5-6,8-15,23H,4,7,16-17H2,(H,29,32). The molecule has 8 heteroatoms. The molecule has 1 saturated heterocycles. The molecule has 174 valence electrons. The molecule has 0 aliphatic carbocycles. The second-order valence-corrected chi connectivity index (χ2v) is 8.79. The van der Waals surface area contributed by atoms with E-state index in [1.54, 1.807) is 24.3 Å². The smallest absolute Gasteiger partial charge is 0.256 e. The highest BCUT2D eigenvalue weighted by molar-refractivity contribution is 7.80. The van der Waals surface area contributed by atoms with Crippen LogP contribution in [0.5, 0.6) is 0 Å². The summed E-state index contributed by atoms with van der Waals surface area (Å²) in [5, 5.41) is 3.65. The SMILES string of the molecule is O=C(CC1C(=O)N(c2ccc(Cl)cc2)C(=S)N1CCCc1ccccc1)Nc1ccc(F)cc1. The fourth-order valence-electron chi connectivity index (χ4n) is 3.93. The van der Waals surface area contributed by atoms with Crippen molar-refractivity contribution in [1.82, 2.24) is 4.90 Å². The molecule has 3 aromatic carbocycles. The van der Waals surface area contributed by atoms with Crippen LogP contribution in [0.1, 0.15) is 18.4 Å². The first-order valence-electron chi connectivity index (χ1n) is 10.9. The molecule has 0 radical (unpaired) electrons. The third kappa shape index (κ3) is 5.61. The van der Waals surface area contributed by atoms with Gasteiger partial charge in [0.25, 0.3) is 5.91 Å². The molecular weight excluding hydrogens is 473 g/mol. The Hall–Kier alpha value is -3.29. The molecule has 1 N–H and O–H groups in total. The van der Waals surface area contributed by atoms with Gasteiger partial charge in [-0.2, -0.15) is 0 Å². The maximum Gasteiger partial charge on any atom is 0.256 e. The normalized spacial score (nSPS) is 15.6. The van der Waals surface area contributed by atoms with Crippen molar-refractivity contribution in [1.29, 1.82) is 0 Å². The van der Waals surface area contributed by atoms with Gasteiger partial charge >= 0.3 is 0 Å². The van der Waals surface area contributed by atoms with E-state index in [1.807, 2.05) is 23.1 Å². The van der Waals surface area contributed by atoms with E-state index < -0.39 is 11.9 Å². The number of amides is 2. The van der Waals surface area contributed by atoms with Crippen molar-refractivity contribution in [3.05, 3.63) is 95.3 Å². The maximum absolute atomic E-state index is 13.4. The third-order valence-electron chi connectivity index (χ3n) is 5.62. The highest BCUT2D eigenvalue weighted by atomic mass is 35.5. The van der Waals surface area contributed by atoms with E-state index in [9.17, 15) is 14.0 Å². The lowest BCUT2D eigenvalue weighted by Crippen LogP contribution is -2.38. The van der Waals surface area contributed by atoms with Crippen LogP contribution in [0, 0.1) is 5.82 Å². The molecule has 34 heavy (non-hydrogen) atoms. The van der Waals surface area contributed by atoms with Crippen molar-refractivity contribution in [2.24, 2.45) is 0 Å². The Morgan fingerprint density at radius 3 is 2.35 bits per heavy atom. The van der Waals surface area contributed by atoms with E-state index in [1.165, 1.54) is 34.7 Å². The summed E-state index contributed by atoms with van der Waals surface area (Å²) in [5.74, 6) is -1.00. The third-order valence-corrected chi connectivity index (χ3v) is 6.29. The van der Waals surface area contributed by atoms with Crippen molar-refractivity contribution in [3.8, 4) is 0 Å². The van der Waals surface area contributed by atoms with Crippen LogP contribution in [-0.2, 0) is 16.0 Å². The zero-order valence-corrected chi connectivity index (χ0v) is 19.9. The minimum absolute atomic E-state index is 0.0776. The lowest BCUT2D eigenvalue weighted by molar-refractivity contribution is -0.124. The number of benzene rings is 3. The van der Waals surface area contributed by atoms with Crippen molar-refractivity contribution < 1.29 is 14.0 Å². The van der Waals surface area contributed by atoms with Gasteiger partial charge in [-0.05, 0) is 79.2 Å². The van der Waals surface area contributed by atoms with Gasteiger partial charge in [0.15, 0.2) is 5.11 Å². The Balaban J connectivity index is 1.51. The first-order chi connectivity index (χ1) is 16.4. The minimum Gasteiger partial charge on any atom is -0.336 e. The Labute approximate surface area is 208 Å². The summed E-state index contributed by atoms with van der Waals surface area (Å²) < 4.78 is 13.2. The van der Waals surface area contributed by atoms with Gasteiger partial charge < -0.3 is 10.2 Å². The summed E-state index contributed by atoms with van der Waals surface area (Å²) in [6.07, 6.45) is 1.51. The van der Waals surface area contributed by atoms with Gasteiger partial charge in [0.2, 0.25) is 5.91 Å². The molecule has 1 unspecified atom stereocenters. The molecule has 0 saturated carbocycles. The number of carbonyl (C=O) groups excluding carboxylic acids is 2. The fraction of sp³-hybridized carbons (Fsp3) is 0.192. The van der Waals surface area contributed by atoms with Crippen molar-refractivity contribution in [3.63, 3.8) is 0 Å². The van der Waals surface area contributed by atoms with Gasteiger partial charge in [-0.15, -0.1) is 0 Å². The molecular formula is C26H23ClFN3O2S. The van der Waals surface area contributed by atoms with Crippen LogP contribution in [0.15, 0.2) is 78.9 Å². The van der Waals surface area contributed by atoms with Crippen LogP contribution in [0.25, 0.3) is 0 Å². The van der Waals surface area contributed by atoms with Crippen molar-refractivity contribution >= 4 is 52.1 Å². The summed E-state index contributed by atoms with van der Waals surface area (Å²) in [6.45, 7) is 0.526. The molecule has 5 nitrogen and oxygen atoms in total. The lowest BCUT2D eigenvalue weighted by Gasteiger charge is -2.24. The number of carbonyl (C=O) groups is 2. The number of anilines is 2. The molecule has 1 aliphatic rings. The average molecular weight is 496 g/mol. The fourth-order valence-corrected chi connectivity index (χ4v) is 4.47. The monoisotopic (exact) mass is 495 g/mol. The number of nitrogens with zero attached hydrogens (tertiary/aromatic N) is 2. The van der Waals surface area contributed by atoms with Gasteiger partial charge in [-0.25, -0.2) is 4.39 Å². The van der Waals surface area contributed by atoms with Crippen LogP contribution in [0.2, 0.25) is 5.02 Å². The minimum atomic E-state index is -0.737. The second-order valence-electron chi connectivity index (χ2n) is 7.99. The highest BCUT2D eigenvalue weighted by Gasteiger charge is 2.43. The molecule has 0 bridgehead atoms. The van der Waals surface area contributed by atoms with Gasteiger partial charge in [0, 0.05) is 17.3 Å². The molecule has 1 aliphatic heterocycles. The first kappa shape index (κ1) is 23.9. The summed E-state index contributed by atoms with van der Waals surface area (Å²) in [7, 11) is 0. The molecule has 4 rings (SSSR count). The molecule has 1 heterocycles. The summed E-state index contributed by atoms with van der Waals surface area (Å²) in [6, 6.07) is 21.7. The summed E-state index contributed by atoms with van der Waals surface area (Å²) in [5.41, 5.74) is 2.26. The number of hydrogen-bond acceptors (Lipinski definition) is 3. The van der Waals surface area contributed by atoms with Crippen LogP contribution >= 0.6 is 23.8 Å². The van der Waals surface area contributed by atoms with Crippen LogP contribution in [0.4, 0.5) is 15.8 Å². The van der Waals surface area contributed by atoms with Crippen LogP contribution < -0.4 is 10.2 Å². The Morgan fingerprint density at radius 2 is 1.68 bits per heavy atom. The van der Waals surface area contributed by atoms with Gasteiger partial charge in [-0.3, -0.25) is 14.5 Å². The molecule has 1 atom stereocenters. The Morgan fingerprint density at radius 1 is 1.00 bits per heavy atom. The number of aryl methyl sites for hydroxylation is 1. The van der Waals surface area contributed by atoms with Crippen molar-refractivity contribution in [2.75, 3.05) is 16.8 Å². The van der Waals surface area contributed by atoms with E-state index in [2.05, 4.69) is 17.4 Å². The maximum atomic E-state index is 13.4. The number of halogens is 2. The van der Waals surface area contributed by atoms with Gasteiger partial charge in [0.1, 0.15) is 11.9 Å². The van der Waals surface area contributed by atoms with Crippen molar-refractivity contribution in [2.45, 2.75) is 25.3 Å². The van der Waals surface area contributed by atoms with E-state index in [0.717, 1.165) is 12.8 Å². The largest absolute Gasteiger partial charge is 0.336 e. The quantitative estimate of drug-likeness (QED) is 0.423. The summed E-state index contributed by atoms with van der Waals surface area (Å²) in [4.78, 5) is 29.5. The van der Waals surface area contributed by atoms with E-state index in [-0.39, 0.29) is 18.2 Å². The van der Waals surface area contributed by atoms with E-state index >= 15 is 0 Å². The number of nitrogens with one attached hydrogen (secondary N) is 1. The first-order valence-corrected chi connectivity index (χ1v) is 11.7. The molecule has 3 aromatic rings. The zero-order valence-electron chi connectivity index (χ0n) is 18.3. The predicted molar refractivity (Wildman–Crippen MR) is 136 cm³/mol. The second kappa shape index (κ2) is 10.8. The number of rotatable bonds is 8. The van der Waals surface area contributed by atoms with Crippen LogP contribution in [-0.4, -0.2) is 34.4 Å². The lowest BCUT2D eigenvalue weighted by atomic mass is 10.1. The Kier molecular flexibility index (Phi) is 7.55. The van der Waals surface area contributed by atoms with Crippen LogP contribution in [0.3, 0.4) is 0 Å². The van der Waals surface area contributed by atoms with Gasteiger partial charge in [-0.1, -0.05) is 41.9 Å². The number of thiocarbonyl (C=S) groups is 1. The van der Waals surface area contributed by atoms with E-state index in [4.69, 9.17) is 23.8 Å². The topological polar surface area (TPSA) is 52.7 Å². The molecule has 1 fully saturated rings. The molecule has 0 spiro atoms. The molecule has 2 amide bonds. The van der Waals surface area contributed by atoms with E-state index in [0.29, 0.717) is 28.1 Å². The Bertz CT molecular complexity index is 1170. The molecule has 0 aromatic heterocycles. The summed E-state index contributed by atoms with van der Waals surface area (Å²) >= 11 is 11.7. The highest BCUT2D eigenvalue weighted by Crippen LogP contribution is 2.29. The zero-order chi connectivity index (χ0) is 24.1. The van der Waals surface area contributed by atoms with Gasteiger partial charge in [0.05, 0.1) is 12.1 Å².